The summed E-state index contributed by atoms with van der Waals surface area (Å²) in [5, 5.41) is 0. The summed E-state index contributed by atoms with van der Waals surface area (Å²) in [7, 11) is -1.06. The lowest BCUT2D eigenvalue weighted by atomic mass is 10.2. The largest absolute Gasteiger partial charge is 0.324 e. The molecule has 0 heterocycles. The first-order valence-corrected chi connectivity index (χ1v) is 7.94. The van der Waals surface area contributed by atoms with Gasteiger partial charge in [0.15, 0.2) is 9.84 Å². The molecule has 0 aromatic heterocycles. The normalized spacial score (nSPS) is 18.0. The summed E-state index contributed by atoms with van der Waals surface area (Å²) in [6, 6.07) is 7.05. The molecular weight excluding hydrogens is 248 g/mol. The van der Waals surface area contributed by atoms with Gasteiger partial charge in [0.25, 0.3) is 0 Å². The van der Waals surface area contributed by atoms with Crippen molar-refractivity contribution in [3.8, 4) is 0 Å². The third kappa shape index (κ3) is 3.54. The first-order valence-electron chi connectivity index (χ1n) is 6.05. The Morgan fingerprint density at radius 1 is 1.28 bits per heavy atom. The zero-order chi connectivity index (χ0) is 13.4. The van der Waals surface area contributed by atoms with Gasteiger partial charge in [-0.15, -0.1) is 0 Å². The molecule has 1 aliphatic rings. The third-order valence-corrected chi connectivity index (χ3v) is 4.41. The van der Waals surface area contributed by atoms with Gasteiger partial charge in [-0.25, -0.2) is 8.42 Å². The molecule has 18 heavy (non-hydrogen) atoms. The number of rotatable bonds is 5. The Balaban J connectivity index is 1.97. The van der Waals surface area contributed by atoms with Crippen LogP contribution >= 0.6 is 0 Å². The minimum atomic E-state index is -3.10. The molecule has 0 bridgehead atoms. The predicted octanol–water partition coefficient (Wildman–Crippen LogP) is 1.01. The molecule has 1 saturated carbocycles. The highest BCUT2D eigenvalue weighted by Crippen LogP contribution is 2.32. The summed E-state index contributed by atoms with van der Waals surface area (Å²) in [5.41, 5.74) is 7.18. The molecule has 0 unspecified atom stereocenters. The fraction of sp³-hybridized carbons (Fsp3) is 0.538. The van der Waals surface area contributed by atoms with Crippen LogP contribution in [0, 0.1) is 0 Å². The van der Waals surface area contributed by atoms with Crippen molar-refractivity contribution >= 4 is 9.84 Å². The Hall–Kier alpha value is -0.910. The molecule has 1 aliphatic carbocycles. The molecule has 4 nitrogen and oxygen atoms in total. The molecule has 0 aliphatic heterocycles. The van der Waals surface area contributed by atoms with Gasteiger partial charge < -0.3 is 10.6 Å². The van der Waals surface area contributed by atoms with E-state index in [1.54, 1.807) is 12.1 Å². The van der Waals surface area contributed by atoms with E-state index in [0.717, 1.165) is 31.5 Å². The van der Waals surface area contributed by atoms with E-state index < -0.39 is 9.84 Å². The monoisotopic (exact) mass is 268 g/mol. The van der Waals surface area contributed by atoms with Gasteiger partial charge in [0.2, 0.25) is 0 Å². The average Bonchev–Trinajstić information content (AvgIpc) is 2.95. The minimum absolute atomic E-state index is 0.0153. The average molecular weight is 268 g/mol. The van der Waals surface area contributed by atoms with Gasteiger partial charge in [0, 0.05) is 24.9 Å². The summed E-state index contributed by atoms with van der Waals surface area (Å²) in [6.07, 6.45) is 3.42. The second-order valence-electron chi connectivity index (χ2n) is 5.45. The first-order chi connectivity index (χ1) is 8.28. The summed E-state index contributed by atoms with van der Waals surface area (Å²) in [6.45, 7) is 1.68. The van der Waals surface area contributed by atoms with Crippen LogP contribution < -0.4 is 5.73 Å². The van der Waals surface area contributed by atoms with E-state index in [0.29, 0.717) is 4.90 Å². The zero-order valence-corrected chi connectivity index (χ0v) is 11.7. The van der Waals surface area contributed by atoms with Crippen molar-refractivity contribution in [1.82, 2.24) is 4.90 Å². The Bertz CT molecular complexity index is 518. The van der Waals surface area contributed by atoms with Crippen LogP contribution in [0.1, 0.15) is 18.4 Å². The van der Waals surface area contributed by atoms with E-state index >= 15 is 0 Å². The fourth-order valence-electron chi connectivity index (χ4n) is 2.07. The van der Waals surface area contributed by atoms with Crippen molar-refractivity contribution in [2.45, 2.75) is 29.8 Å². The lowest BCUT2D eigenvalue weighted by Gasteiger charge is -2.20. The predicted molar refractivity (Wildman–Crippen MR) is 72.0 cm³/mol. The van der Waals surface area contributed by atoms with Crippen molar-refractivity contribution in [3.05, 3.63) is 29.8 Å². The molecule has 100 valence electrons. The molecule has 0 atom stereocenters. The van der Waals surface area contributed by atoms with E-state index in [2.05, 4.69) is 4.90 Å². The molecule has 2 N–H and O–H groups in total. The zero-order valence-electron chi connectivity index (χ0n) is 10.9. The second kappa shape index (κ2) is 4.64. The molecule has 0 spiro atoms. The van der Waals surface area contributed by atoms with Gasteiger partial charge >= 0.3 is 0 Å². The van der Waals surface area contributed by atoms with Crippen LogP contribution in [0.2, 0.25) is 0 Å². The quantitative estimate of drug-likeness (QED) is 0.866. The van der Waals surface area contributed by atoms with Gasteiger partial charge in [0.05, 0.1) is 4.90 Å². The molecule has 1 aromatic rings. The van der Waals surface area contributed by atoms with Crippen LogP contribution in [0.4, 0.5) is 0 Å². The van der Waals surface area contributed by atoms with Gasteiger partial charge in [-0.1, -0.05) is 12.1 Å². The number of hydrogen-bond donors (Lipinski definition) is 1. The molecule has 1 aromatic carbocycles. The highest BCUT2D eigenvalue weighted by molar-refractivity contribution is 7.90. The van der Waals surface area contributed by atoms with Crippen LogP contribution in [-0.4, -0.2) is 38.7 Å². The van der Waals surface area contributed by atoms with E-state index in [1.165, 1.54) is 6.26 Å². The molecule has 0 amide bonds. The standard InChI is InChI=1S/C13H20N2O2S/c1-15(10-13(14)7-8-13)9-11-3-5-12(6-4-11)18(2,16)17/h3-6H,7-10,14H2,1-2H3. The van der Waals surface area contributed by atoms with Crippen LogP contribution in [0.5, 0.6) is 0 Å². The van der Waals surface area contributed by atoms with Gasteiger partial charge in [0.1, 0.15) is 0 Å². The SMILES string of the molecule is CN(Cc1ccc(S(C)(=O)=O)cc1)CC1(N)CC1. The summed E-state index contributed by atoms with van der Waals surface area (Å²) in [4.78, 5) is 2.55. The molecule has 2 rings (SSSR count). The number of likely N-dealkylation sites (N-methyl/N-ethyl adjacent to an activating group) is 1. The van der Waals surface area contributed by atoms with Crippen molar-refractivity contribution in [2.75, 3.05) is 19.8 Å². The van der Waals surface area contributed by atoms with Crippen LogP contribution in [0.3, 0.4) is 0 Å². The van der Waals surface area contributed by atoms with Gasteiger partial charge in [-0.3, -0.25) is 0 Å². The third-order valence-electron chi connectivity index (χ3n) is 3.28. The Labute approximate surface area is 109 Å². The van der Waals surface area contributed by atoms with Crippen LogP contribution in [-0.2, 0) is 16.4 Å². The highest BCUT2D eigenvalue weighted by Gasteiger charge is 2.38. The molecule has 5 heteroatoms. The summed E-state index contributed by atoms with van der Waals surface area (Å²) in [5.74, 6) is 0. The van der Waals surface area contributed by atoms with Crippen molar-refractivity contribution in [1.29, 1.82) is 0 Å². The Kier molecular flexibility index (Phi) is 3.49. The van der Waals surface area contributed by atoms with E-state index in [9.17, 15) is 8.42 Å². The fourth-order valence-corrected chi connectivity index (χ4v) is 2.70. The second-order valence-corrected chi connectivity index (χ2v) is 7.47. The number of hydrogen-bond acceptors (Lipinski definition) is 4. The van der Waals surface area contributed by atoms with E-state index in [1.807, 2.05) is 19.2 Å². The highest BCUT2D eigenvalue weighted by atomic mass is 32.2. The minimum Gasteiger partial charge on any atom is -0.324 e. The number of nitrogens with zero attached hydrogens (tertiary/aromatic N) is 1. The smallest absolute Gasteiger partial charge is 0.175 e. The van der Waals surface area contributed by atoms with Crippen molar-refractivity contribution < 1.29 is 8.42 Å². The van der Waals surface area contributed by atoms with Crippen LogP contribution in [0.25, 0.3) is 0 Å². The van der Waals surface area contributed by atoms with Crippen LogP contribution in [0.15, 0.2) is 29.2 Å². The maximum Gasteiger partial charge on any atom is 0.175 e. The number of benzene rings is 1. The lowest BCUT2D eigenvalue weighted by Crippen LogP contribution is -2.36. The van der Waals surface area contributed by atoms with Gasteiger partial charge in [-0.2, -0.15) is 0 Å². The molecular formula is C13H20N2O2S. The topological polar surface area (TPSA) is 63.4 Å². The maximum atomic E-state index is 11.3. The maximum absolute atomic E-state index is 11.3. The number of sulfone groups is 1. The lowest BCUT2D eigenvalue weighted by molar-refractivity contribution is 0.295. The van der Waals surface area contributed by atoms with Crippen molar-refractivity contribution in [3.63, 3.8) is 0 Å². The molecule has 0 saturated heterocycles. The van der Waals surface area contributed by atoms with Crippen molar-refractivity contribution in [2.24, 2.45) is 5.73 Å². The Morgan fingerprint density at radius 2 is 1.83 bits per heavy atom. The summed E-state index contributed by atoms with van der Waals surface area (Å²) >= 11 is 0. The number of nitrogens with two attached hydrogens (primary N) is 1. The Morgan fingerprint density at radius 3 is 2.28 bits per heavy atom. The van der Waals surface area contributed by atoms with E-state index in [-0.39, 0.29) is 5.54 Å². The molecule has 1 fully saturated rings. The van der Waals surface area contributed by atoms with E-state index in [4.69, 9.17) is 5.73 Å². The molecule has 0 radical (unpaired) electrons. The first kappa shape index (κ1) is 13.5. The van der Waals surface area contributed by atoms with Gasteiger partial charge in [-0.05, 0) is 37.6 Å². The summed E-state index contributed by atoms with van der Waals surface area (Å²) < 4.78 is 22.7.